The lowest BCUT2D eigenvalue weighted by molar-refractivity contribution is -0.117. The van der Waals surface area contributed by atoms with Gasteiger partial charge < -0.3 is 5.32 Å². The van der Waals surface area contributed by atoms with Crippen LogP contribution in [0.1, 0.15) is 18.3 Å². The van der Waals surface area contributed by atoms with Crippen LogP contribution in [0.2, 0.25) is 0 Å². The summed E-state index contributed by atoms with van der Waals surface area (Å²) in [4.78, 5) is 12.1. The van der Waals surface area contributed by atoms with Crippen LogP contribution in [0.5, 0.6) is 0 Å². The number of carbonyl (C=O) groups excluding carboxylic acids is 1. The molecule has 9 heteroatoms. The molecular weight excluding hydrogens is 323 g/mol. The number of nitrogens with one attached hydrogen (secondary N) is 3. The molecule has 3 N–H and O–H groups in total. The SMILES string of the molecule is Cc1n[nH]c(C)c1S(=O)(=O)NC(C)C(=O)Nc1ccccc1F. The van der Waals surface area contributed by atoms with Crippen molar-refractivity contribution in [3.63, 3.8) is 0 Å². The van der Waals surface area contributed by atoms with Gasteiger partial charge in [-0.2, -0.15) is 9.82 Å². The van der Waals surface area contributed by atoms with Gasteiger partial charge in [0.05, 0.1) is 23.1 Å². The minimum atomic E-state index is -3.92. The Balaban J connectivity index is 2.14. The maximum Gasteiger partial charge on any atom is 0.244 e. The molecule has 0 saturated carbocycles. The van der Waals surface area contributed by atoms with Gasteiger partial charge in [-0.1, -0.05) is 12.1 Å². The number of aromatic amines is 1. The predicted octanol–water partition coefficient (Wildman–Crippen LogP) is 1.47. The van der Waals surface area contributed by atoms with Gasteiger partial charge in [-0.15, -0.1) is 0 Å². The maximum absolute atomic E-state index is 13.5. The zero-order chi connectivity index (χ0) is 17.2. The first-order chi connectivity index (χ1) is 10.7. The number of hydrogen-bond donors (Lipinski definition) is 3. The molecule has 0 aliphatic carbocycles. The Kier molecular flexibility index (Phi) is 4.81. The molecule has 124 valence electrons. The molecule has 2 rings (SSSR count). The fraction of sp³-hybridized carbons (Fsp3) is 0.286. The maximum atomic E-state index is 13.5. The number of carbonyl (C=O) groups is 1. The molecule has 0 saturated heterocycles. The monoisotopic (exact) mass is 340 g/mol. The highest BCUT2D eigenvalue weighted by Crippen LogP contribution is 2.17. The molecule has 23 heavy (non-hydrogen) atoms. The van der Waals surface area contributed by atoms with E-state index < -0.39 is 27.8 Å². The number of halogens is 1. The highest BCUT2D eigenvalue weighted by Gasteiger charge is 2.27. The summed E-state index contributed by atoms with van der Waals surface area (Å²) in [7, 11) is -3.92. The Labute approximate surface area is 133 Å². The van der Waals surface area contributed by atoms with Gasteiger partial charge >= 0.3 is 0 Å². The van der Waals surface area contributed by atoms with Crippen molar-refractivity contribution in [3.8, 4) is 0 Å². The molecule has 1 atom stereocenters. The van der Waals surface area contributed by atoms with Crippen LogP contribution in [-0.2, 0) is 14.8 Å². The minimum Gasteiger partial charge on any atom is -0.322 e. The molecule has 0 aliphatic heterocycles. The standard InChI is InChI=1S/C14H17FN4O3S/c1-8-13(9(2)18-17-8)23(21,22)19-10(3)14(20)16-12-7-5-4-6-11(12)15/h4-7,10,19H,1-3H3,(H,16,20)(H,17,18). The third-order valence-corrected chi connectivity index (χ3v) is 4.99. The van der Waals surface area contributed by atoms with Crippen molar-refractivity contribution >= 4 is 21.6 Å². The highest BCUT2D eigenvalue weighted by molar-refractivity contribution is 7.89. The Hall–Kier alpha value is -2.26. The Morgan fingerprint density at radius 1 is 1.30 bits per heavy atom. The molecule has 0 bridgehead atoms. The second kappa shape index (κ2) is 6.47. The molecule has 0 fully saturated rings. The van der Waals surface area contributed by atoms with Gasteiger partial charge in [-0.25, -0.2) is 12.8 Å². The van der Waals surface area contributed by atoms with E-state index in [-0.39, 0.29) is 10.6 Å². The average molecular weight is 340 g/mol. The average Bonchev–Trinajstić information content (AvgIpc) is 2.80. The quantitative estimate of drug-likeness (QED) is 0.767. The number of sulfonamides is 1. The van der Waals surface area contributed by atoms with Crippen LogP contribution in [0, 0.1) is 19.7 Å². The molecule has 1 heterocycles. The van der Waals surface area contributed by atoms with Gasteiger partial charge in [0, 0.05) is 0 Å². The molecular formula is C14H17FN4O3S. The Bertz CT molecular complexity index is 813. The molecule has 1 aromatic heterocycles. The number of rotatable bonds is 5. The van der Waals surface area contributed by atoms with E-state index in [9.17, 15) is 17.6 Å². The van der Waals surface area contributed by atoms with Gasteiger partial charge in [0.2, 0.25) is 15.9 Å². The summed E-state index contributed by atoms with van der Waals surface area (Å²) >= 11 is 0. The van der Waals surface area contributed by atoms with Crippen molar-refractivity contribution in [2.24, 2.45) is 0 Å². The minimum absolute atomic E-state index is 0.00282. The van der Waals surface area contributed by atoms with Crippen molar-refractivity contribution in [2.75, 3.05) is 5.32 Å². The summed E-state index contributed by atoms with van der Waals surface area (Å²) in [6.45, 7) is 4.49. The second-order valence-corrected chi connectivity index (χ2v) is 6.73. The van der Waals surface area contributed by atoms with Gasteiger partial charge in [0.25, 0.3) is 0 Å². The van der Waals surface area contributed by atoms with Crippen LogP contribution < -0.4 is 10.0 Å². The summed E-state index contributed by atoms with van der Waals surface area (Å²) in [6, 6.07) is 4.54. The molecule has 1 unspecified atom stereocenters. The number of aryl methyl sites for hydroxylation is 2. The first kappa shape index (κ1) is 17.1. The number of H-pyrrole nitrogens is 1. The van der Waals surface area contributed by atoms with Crippen LogP contribution in [-0.4, -0.2) is 30.6 Å². The van der Waals surface area contributed by atoms with Crippen molar-refractivity contribution in [1.29, 1.82) is 0 Å². The van der Waals surface area contributed by atoms with Crippen molar-refractivity contribution < 1.29 is 17.6 Å². The predicted molar refractivity (Wildman–Crippen MR) is 82.9 cm³/mol. The lowest BCUT2D eigenvalue weighted by Gasteiger charge is -2.15. The summed E-state index contributed by atoms with van der Waals surface area (Å²) in [6.07, 6.45) is 0. The van der Waals surface area contributed by atoms with E-state index in [0.29, 0.717) is 11.4 Å². The van der Waals surface area contributed by atoms with E-state index in [2.05, 4.69) is 20.2 Å². The zero-order valence-electron chi connectivity index (χ0n) is 12.8. The molecule has 1 amide bonds. The summed E-state index contributed by atoms with van der Waals surface area (Å²) < 4.78 is 40.5. The van der Waals surface area contributed by atoms with E-state index in [1.165, 1.54) is 25.1 Å². The normalized spacial score (nSPS) is 12.9. The number of aromatic nitrogens is 2. The van der Waals surface area contributed by atoms with Crippen molar-refractivity contribution in [1.82, 2.24) is 14.9 Å². The van der Waals surface area contributed by atoms with Crippen LogP contribution in [0.25, 0.3) is 0 Å². The number of anilines is 1. The molecule has 2 aromatic rings. The van der Waals surface area contributed by atoms with Crippen molar-refractivity contribution in [2.45, 2.75) is 31.7 Å². The fourth-order valence-electron chi connectivity index (χ4n) is 2.09. The molecule has 0 radical (unpaired) electrons. The third kappa shape index (κ3) is 3.74. The third-order valence-electron chi connectivity index (χ3n) is 3.19. The van der Waals surface area contributed by atoms with E-state index in [4.69, 9.17) is 0 Å². The van der Waals surface area contributed by atoms with E-state index in [1.807, 2.05) is 0 Å². The van der Waals surface area contributed by atoms with E-state index in [0.717, 1.165) is 0 Å². The zero-order valence-corrected chi connectivity index (χ0v) is 13.7. The number of nitrogens with zero attached hydrogens (tertiary/aromatic N) is 1. The number of para-hydroxylation sites is 1. The van der Waals surface area contributed by atoms with Gasteiger partial charge in [0.1, 0.15) is 10.7 Å². The lowest BCUT2D eigenvalue weighted by atomic mass is 10.2. The topological polar surface area (TPSA) is 104 Å². The highest BCUT2D eigenvalue weighted by atomic mass is 32.2. The van der Waals surface area contributed by atoms with E-state index in [1.54, 1.807) is 19.9 Å². The van der Waals surface area contributed by atoms with Gasteiger partial charge in [-0.05, 0) is 32.9 Å². The Morgan fingerprint density at radius 3 is 2.52 bits per heavy atom. The van der Waals surface area contributed by atoms with Gasteiger partial charge in [0.15, 0.2) is 0 Å². The molecule has 0 aliphatic rings. The Morgan fingerprint density at radius 2 is 1.96 bits per heavy atom. The lowest BCUT2D eigenvalue weighted by Crippen LogP contribution is -2.41. The fourth-order valence-corrected chi connectivity index (χ4v) is 3.66. The number of benzene rings is 1. The van der Waals surface area contributed by atoms with Crippen molar-refractivity contribution in [3.05, 3.63) is 41.5 Å². The van der Waals surface area contributed by atoms with Gasteiger partial charge in [-0.3, -0.25) is 9.89 Å². The number of hydrogen-bond acceptors (Lipinski definition) is 4. The number of amides is 1. The second-order valence-electron chi connectivity index (χ2n) is 5.08. The first-order valence-electron chi connectivity index (χ1n) is 6.81. The largest absolute Gasteiger partial charge is 0.322 e. The molecule has 0 spiro atoms. The molecule has 7 nitrogen and oxygen atoms in total. The summed E-state index contributed by atoms with van der Waals surface area (Å²) in [5.41, 5.74) is 0.660. The van der Waals surface area contributed by atoms with E-state index >= 15 is 0 Å². The van der Waals surface area contributed by atoms with Crippen LogP contribution in [0.3, 0.4) is 0 Å². The smallest absolute Gasteiger partial charge is 0.244 e. The van der Waals surface area contributed by atoms with Crippen LogP contribution >= 0.6 is 0 Å². The summed E-state index contributed by atoms with van der Waals surface area (Å²) in [5, 5.41) is 8.74. The first-order valence-corrected chi connectivity index (χ1v) is 8.30. The van der Waals surface area contributed by atoms with Crippen LogP contribution in [0.15, 0.2) is 29.2 Å². The summed E-state index contributed by atoms with van der Waals surface area (Å²) in [5.74, 6) is -1.27. The molecule has 1 aromatic carbocycles. The van der Waals surface area contributed by atoms with Crippen LogP contribution in [0.4, 0.5) is 10.1 Å².